The Morgan fingerprint density at radius 2 is 1.91 bits per heavy atom. The van der Waals surface area contributed by atoms with Crippen molar-refractivity contribution in [1.29, 1.82) is 5.26 Å². The lowest BCUT2D eigenvalue weighted by Crippen LogP contribution is -2.02. The van der Waals surface area contributed by atoms with Gasteiger partial charge in [0.25, 0.3) is 0 Å². The number of allylic oxidation sites excluding steroid dienone is 5. The van der Waals surface area contributed by atoms with Crippen LogP contribution >= 0.6 is 0 Å². The van der Waals surface area contributed by atoms with Gasteiger partial charge in [-0.25, -0.2) is 0 Å². The summed E-state index contributed by atoms with van der Waals surface area (Å²) in [4.78, 5) is 0. The molecule has 22 heavy (non-hydrogen) atoms. The molecule has 1 aromatic carbocycles. The van der Waals surface area contributed by atoms with E-state index in [1.54, 1.807) is 0 Å². The molecule has 0 radical (unpaired) electrons. The molecule has 0 aliphatic heterocycles. The van der Waals surface area contributed by atoms with Gasteiger partial charge < -0.3 is 5.73 Å². The minimum Gasteiger partial charge on any atom is -0.399 e. The van der Waals surface area contributed by atoms with Crippen LogP contribution in [0.1, 0.15) is 45.2 Å². The monoisotopic (exact) mass is 294 g/mol. The standard InChI is InChI=1S/C20H26N2/c1-15(2)16(3)8-7-10-19(22)13-12-17(4)20-11-6-5-9-18(20)14-21/h5-7,9-13,15-16H,8,22H2,1-4H3/b10-7+,17-12+,19-13-. The van der Waals surface area contributed by atoms with E-state index in [2.05, 4.69) is 32.9 Å². The zero-order valence-electron chi connectivity index (χ0n) is 14.0. The Labute approximate surface area is 134 Å². The molecule has 2 N–H and O–H groups in total. The fourth-order valence-electron chi connectivity index (χ4n) is 1.98. The van der Waals surface area contributed by atoms with E-state index in [0.29, 0.717) is 17.4 Å². The minimum atomic E-state index is 0.656. The van der Waals surface area contributed by atoms with Crippen molar-refractivity contribution < 1.29 is 0 Å². The molecule has 1 rings (SSSR count). The number of rotatable bonds is 6. The molecular weight excluding hydrogens is 268 g/mol. The third-order valence-corrected chi connectivity index (χ3v) is 3.95. The Balaban J connectivity index is 2.76. The molecule has 116 valence electrons. The van der Waals surface area contributed by atoms with Crippen molar-refractivity contribution in [2.75, 3.05) is 0 Å². The molecule has 0 aromatic heterocycles. The van der Waals surface area contributed by atoms with Crippen LogP contribution in [0.5, 0.6) is 0 Å². The number of nitriles is 1. The van der Waals surface area contributed by atoms with Crippen molar-refractivity contribution in [3.8, 4) is 6.07 Å². The highest BCUT2D eigenvalue weighted by molar-refractivity contribution is 5.70. The van der Waals surface area contributed by atoms with Crippen LogP contribution in [0.25, 0.3) is 5.57 Å². The lowest BCUT2D eigenvalue weighted by Gasteiger charge is -2.12. The molecule has 2 heteroatoms. The zero-order valence-corrected chi connectivity index (χ0v) is 14.0. The first kappa shape index (κ1) is 17.8. The molecule has 1 aromatic rings. The van der Waals surface area contributed by atoms with Gasteiger partial charge in [-0.15, -0.1) is 0 Å². The summed E-state index contributed by atoms with van der Waals surface area (Å²) in [5, 5.41) is 9.13. The SMILES string of the molecule is C\C(=C/C=C(N)/C=C/CC(C)C(C)C)c1ccccc1C#N. The molecule has 0 fully saturated rings. The van der Waals surface area contributed by atoms with E-state index in [0.717, 1.165) is 23.3 Å². The van der Waals surface area contributed by atoms with Crippen molar-refractivity contribution in [2.45, 2.75) is 34.1 Å². The Kier molecular flexibility index (Phi) is 7.19. The molecule has 0 saturated heterocycles. The van der Waals surface area contributed by atoms with Gasteiger partial charge in [0.2, 0.25) is 0 Å². The van der Waals surface area contributed by atoms with Crippen LogP contribution in [0.4, 0.5) is 0 Å². The topological polar surface area (TPSA) is 49.8 Å². The van der Waals surface area contributed by atoms with E-state index in [9.17, 15) is 0 Å². The summed E-state index contributed by atoms with van der Waals surface area (Å²) in [6, 6.07) is 9.81. The molecule has 0 aliphatic rings. The Morgan fingerprint density at radius 3 is 2.55 bits per heavy atom. The first-order valence-corrected chi connectivity index (χ1v) is 7.75. The normalized spacial score (nSPS) is 14.4. The smallest absolute Gasteiger partial charge is 0.0998 e. The molecule has 1 atom stereocenters. The van der Waals surface area contributed by atoms with Gasteiger partial charge in [-0.1, -0.05) is 51.1 Å². The van der Waals surface area contributed by atoms with E-state index in [1.807, 2.05) is 49.4 Å². The van der Waals surface area contributed by atoms with Crippen molar-refractivity contribution in [3.63, 3.8) is 0 Å². The molecule has 2 nitrogen and oxygen atoms in total. The predicted molar refractivity (Wildman–Crippen MR) is 94.8 cm³/mol. The molecule has 1 unspecified atom stereocenters. The summed E-state index contributed by atoms with van der Waals surface area (Å²) in [5.74, 6) is 1.34. The minimum absolute atomic E-state index is 0.656. The van der Waals surface area contributed by atoms with Crippen LogP contribution in [-0.4, -0.2) is 0 Å². The van der Waals surface area contributed by atoms with E-state index in [4.69, 9.17) is 11.0 Å². The van der Waals surface area contributed by atoms with Gasteiger partial charge in [-0.3, -0.25) is 0 Å². The second-order valence-corrected chi connectivity index (χ2v) is 6.03. The van der Waals surface area contributed by atoms with Crippen molar-refractivity contribution in [2.24, 2.45) is 17.6 Å². The lowest BCUT2D eigenvalue weighted by molar-refractivity contribution is 0.424. The van der Waals surface area contributed by atoms with Gasteiger partial charge in [0.15, 0.2) is 0 Å². The third-order valence-electron chi connectivity index (χ3n) is 3.95. The average Bonchev–Trinajstić information content (AvgIpc) is 2.52. The van der Waals surface area contributed by atoms with Gasteiger partial charge >= 0.3 is 0 Å². The maximum atomic E-state index is 9.13. The second-order valence-electron chi connectivity index (χ2n) is 6.03. The van der Waals surface area contributed by atoms with Gasteiger partial charge in [-0.05, 0) is 54.5 Å². The van der Waals surface area contributed by atoms with Gasteiger partial charge in [0, 0.05) is 5.70 Å². The maximum Gasteiger partial charge on any atom is 0.0998 e. The van der Waals surface area contributed by atoms with Crippen molar-refractivity contribution >= 4 is 5.57 Å². The Morgan fingerprint density at radius 1 is 1.23 bits per heavy atom. The van der Waals surface area contributed by atoms with Crippen molar-refractivity contribution in [1.82, 2.24) is 0 Å². The molecule has 0 amide bonds. The average molecular weight is 294 g/mol. The van der Waals surface area contributed by atoms with Crippen LogP contribution in [0.3, 0.4) is 0 Å². The Bertz CT molecular complexity index is 613. The van der Waals surface area contributed by atoms with Gasteiger partial charge in [-0.2, -0.15) is 5.26 Å². The Hall–Kier alpha value is -2.27. The summed E-state index contributed by atoms with van der Waals surface area (Å²) in [6.45, 7) is 8.70. The lowest BCUT2D eigenvalue weighted by atomic mass is 9.94. The van der Waals surface area contributed by atoms with E-state index in [-0.39, 0.29) is 0 Å². The largest absolute Gasteiger partial charge is 0.399 e. The molecule has 0 heterocycles. The van der Waals surface area contributed by atoms with Crippen LogP contribution in [0, 0.1) is 23.2 Å². The second kappa shape index (κ2) is 8.89. The highest BCUT2D eigenvalue weighted by Crippen LogP contribution is 2.18. The number of benzene rings is 1. The summed E-state index contributed by atoms with van der Waals surface area (Å²) >= 11 is 0. The first-order valence-electron chi connectivity index (χ1n) is 7.75. The molecular formula is C20H26N2. The number of nitrogens with two attached hydrogens (primary N) is 1. The van der Waals surface area contributed by atoms with Gasteiger partial charge in [0.1, 0.15) is 0 Å². The highest BCUT2D eigenvalue weighted by atomic mass is 14.5. The maximum absolute atomic E-state index is 9.13. The predicted octanol–water partition coefficient (Wildman–Crippen LogP) is 5.04. The van der Waals surface area contributed by atoms with E-state index in [1.165, 1.54) is 0 Å². The van der Waals surface area contributed by atoms with Crippen molar-refractivity contribution in [3.05, 3.63) is 65.4 Å². The molecule has 0 spiro atoms. The van der Waals surface area contributed by atoms with Gasteiger partial charge in [0.05, 0.1) is 11.6 Å². The third kappa shape index (κ3) is 5.61. The summed E-state index contributed by atoms with van der Waals surface area (Å²) < 4.78 is 0. The van der Waals surface area contributed by atoms with Crippen LogP contribution in [-0.2, 0) is 0 Å². The number of nitrogens with zero attached hydrogens (tertiary/aromatic N) is 1. The molecule has 0 aliphatic carbocycles. The number of hydrogen-bond donors (Lipinski definition) is 1. The fourth-order valence-corrected chi connectivity index (χ4v) is 1.98. The highest BCUT2D eigenvalue weighted by Gasteiger charge is 2.04. The van der Waals surface area contributed by atoms with Crippen LogP contribution in [0.15, 0.2) is 54.3 Å². The van der Waals surface area contributed by atoms with Crippen LogP contribution < -0.4 is 5.73 Å². The summed E-state index contributed by atoms with van der Waals surface area (Å²) in [6.07, 6.45) is 8.97. The number of hydrogen-bond acceptors (Lipinski definition) is 2. The quantitative estimate of drug-likeness (QED) is 0.747. The zero-order chi connectivity index (χ0) is 16.5. The summed E-state index contributed by atoms with van der Waals surface area (Å²) in [7, 11) is 0. The molecule has 0 bridgehead atoms. The van der Waals surface area contributed by atoms with E-state index >= 15 is 0 Å². The first-order chi connectivity index (χ1) is 10.5. The fraction of sp³-hybridized carbons (Fsp3) is 0.350. The molecule has 0 saturated carbocycles. The van der Waals surface area contributed by atoms with E-state index < -0.39 is 0 Å². The van der Waals surface area contributed by atoms with Crippen LogP contribution in [0.2, 0.25) is 0 Å². The summed E-state index contributed by atoms with van der Waals surface area (Å²) in [5.41, 5.74) is 9.39.